The van der Waals surface area contributed by atoms with Gasteiger partial charge in [-0.05, 0) is 55.3 Å². The molecule has 0 aliphatic carbocycles. The molecule has 1 atom stereocenters. The van der Waals surface area contributed by atoms with E-state index in [2.05, 4.69) is 4.99 Å². The molecule has 1 aliphatic heterocycles. The quantitative estimate of drug-likeness (QED) is 0.544. The van der Waals surface area contributed by atoms with Crippen LogP contribution in [0.15, 0.2) is 69.6 Å². The van der Waals surface area contributed by atoms with Crippen molar-refractivity contribution in [3.05, 3.63) is 96.4 Å². The van der Waals surface area contributed by atoms with Gasteiger partial charge >= 0.3 is 5.97 Å². The van der Waals surface area contributed by atoms with Crippen molar-refractivity contribution < 1.29 is 13.9 Å². The van der Waals surface area contributed by atoms with Gasteiger partial charge in [0.05, 0.1) is 28.5 Å². The number of rotatable bonds is 5. The zero-order valence-corrected chi connectivity index (χ0v) is 19.6. The second-order valence-corrected chi connectivity index (χ2v) is 8.85. The van der Waals surface area contributed by atoms with Gasteiger partial charge in [-0.2, -0.15) is 0 Å². The van der Waals surface area contributed by atoms with E-state index in [1.807, 2.05) is 49.3 Å². The van der Waals surface area contributed by atoms with E-state index in [0.717, 1.165) is 11.3 Å². The molecule has 0 saturated heterocycles. The van der Waals surface area contributed by atoms with E-state index in [-0.39, 0.29) is 17.7 Å². The predicted molar refractivity (Wildman–Crippen MR) is 128 cm³/mol. The molecule has 2 aromatic carbocycles. The fraction of sp³-hybridized carbons (Fsp3) is 0.240. The van der Waals surface area contributed by atoms with Crippen molar-refractivity contribution in [3.63, 3.8) is 0 Å². The van der Waals surface area contributed by atoms with Gasteiger partial charge in [-0.25, -0.2) is 14.2 Å². The minimum atomic E-state index is -0.751. The summed E-state index contributed by atoms with van der Waals surface area (Å²) in [5, 5.41) is 0. The summed E-state index contributed by atoms with van der Waals surface area (Å²) in [4.78, 5) is 33.4. The number of allylic oxidation sites excluding steroid dienone is 1. The second kappa shape index (κ2) is 9.15. The SMILES string of the molecule is CCOC(=O)C1=C(C)N=c2s/c(=C/c3ccc(N(C)C)cc3)c(=O)n2C1c1ccc(F)cc1. The summed E-state index contributed by atoms with van der Waals surface area (Å²) in [5.41, 5.74) is 3.03. The molecule has 0 N–H and O–H groups in total. The highest BCUT2D eigenvalue weighted by Gasteiger charge is 2.33. The van der Waals surface area contributed by atoms with Gasteiger partial charge in [0.1, 0.15) is 5.82 Å². The number of carbonyl (C=O) groups excluding carboxylic acids is 1. The zero-order valence-electron chi connectivity index (χ0n) is 18.8. The molecule has 0 bridgehead atoms. The van der Waals surface area contributed by atoms with Gasteiger partial charge in [-0.3, -0.25) is 9.36 Å². The average molecular weight is 466 g/mol. The third-order valence-corrected chi connectivity index (χ3v) is 6.39. The van der Waals surface area contributed by atoms with Crippen LogP contribution in [-0.2, 0) is 9.53 Å². The number of fused-ring (bicyclic) bond motifs is 1. The minimum absolute atomic E-state index is 0.194. The normalized spacial score (nSPS) is 15.8. The van der Waals surface area contributed by atoms with Crippen molar-refractivity contribution in [1.82, 2.24) is 4.57 Å². The number of ether oxygens (including phenoxy) is 1. The van der Waals surface area contributed by atoms with Crippen molar-refractivity contribution >= 4 is 29.1 Å². The van der Waals surface area contributed by atoms with Crippen LogP contribution >= 0.6 is 11.3 Å². The van der Waals surface area contributed by atoms with Gasteiger partial charge < -0.3 is 9.64 Å². The largest absolute Gasteiger partial charge is 0.463 e. The van der Waals surface area contributed by atoms with Gasteiger partial charge in [-0.1, -0.05) is 35.6 Å². The maximum Gasteiger partial charge on any atom is 0.338 e. The first-order valence-corrected chi connectivity index (χ1v) is 11.3. The van der Waals surface area contributed by atoms with Crippen molar-refractivity contribution in [3.8, 4) is 0 Å². The maximum atomic E-state index is 13.6. The summed E-state index contributed by atoms with van der Waals surface area (Å²) in [5.74, 6) is -0.938. The fourth-order valence-corrected chi connectivity index (χ4v) is 4.82. The van der Waals surface area contributed by atoms with Gasteiger partial charge in [0.2, 0.25) is 0 Å². The fourth-order valence-electron chi connectivity index (χ4n) is 3.77. The predicted octanol–water partition coefficient (Wildman–Crippen LogP) is 3.00. The third kappa shape index (κ3) is 4.39. The summed E-state index contributed by atoms with van der Waals surface area (Å²) < 4.78 is 20.9. The molecule has 4 rings (SSSR count). The van der Waals surface area contributed by atoms with Crippen LogP contribution in [0, 0.1) is 5.82 Å². The van der Waals surface area contributed by atoms with Crippen LogP contribution in [-0.4, -0.2) is 31.2 Å². The Hall–Kier alpha value is -3.52. The summed E-state index contributed by atoms with van der Waals surface area (Å²) in [6.45, 7) is 3.64. The first-order chi connectivity index (χ1) is 15.8. The molecule has 1 unspecified atom stereocenters. The minimum Gasteiger partial charge on any atom is -0.463 e. The number of halogens is 1. The lowest BCUT2D eigenvalue weighted by molar-refractivity contribution is -0.139. The molecule has 0 amide bonds. The Labute approximate surface area is 194 Å². The molecule has 0 radical (unpaired) electrons. The number of hydrogen-bond donors (Lipinski definition) is 0. The van der Waals surface area contributed by atoms with E-state index in [9.17, 15) is 14.0 Å². The smallest absolute Gasteiger partial charge is 0.338 e. The molecular weight excluding hydrogens is 441 g/mol. The molecule has 170 valence electrons. The molecule has 6 nitrogen and oxygen atoms in total. The summed E-state index contributed by atoms with van der Waals surface area (Å²) >= 11 is 1.26. The number of anilines is 1. The summed E-state index contributed by atoms with van der Waals surface area (Å²) in [6.07, 6.45) is 1.81. The lowest BCUT2D eigenvalue weighted by Crippen LogP contribution is -2.39. The number of thiazole rings is 1. The van der Waals surface area contributed by atoms with Crippen molar-refractivity contribution in [2.45, 2.75) is 19.9 Å². The topological polar surface area (TPSA) is 63.9 Å². The van der Waals surface area contributed by atoms with E-state index in [0.29, 0.717) is 20.6 Å². The summed E-state index contributed by atoms with van der Waals surface area (Å²) in [7, 11) is 3.93. The van der Waals surface area contributed by atoms with Gasteiger partial charge in [0.25, 0.3) is 5.56 Å². The van der Waals surface area contributed by atoms with Crippen molar-refractivity contribution in [2.24, 2.45) is 4.99 Å². The standard InChI is InChI=1S/C25H24FN3O3S/c1-5-32-24(31)21-15(2)27-25-29(22(21)17-8-10-18(26)11-9-17)23(30)20(33-25)14-16-6-12-19(13-7-16)28(3)4/h6-14,22H,5H2,1-4H3/b20-14+. The maximum absolute atomic E-state index is 13.6. The lowest BCUT2D eigenvalue weighted by atomic mass is 9.96. The highest BCUT2D eigenvalue weighted by molar-refractivity contribution is 7.07. The average Bonchev–Trinajstić information content (AvgIpc) is 3.08. The molecule has 0 saturated carbocycles. The van der Waals surface area contributed by atoms with E-state index >= 15 is 0 Å². The highest BCUT2D eigenvalue weighted by Crippen LogP contribution is 2.30. The van der Waals surface area contributed by atoms with Crippen LogP contribution in [0.5, 0.6) is 0 Å². The molecule has 33 heavy (non-hydrogen) atoms. The summed E-state index contributed by atoms with van der Waals surface area (Å²) in [6, 6.07) is 12.9. The van der Waals surface area contributed by atoms with Crippen LogP contribution in [0.2, 0.25) is 0 Å². The molecule has 0 spiro atoms. The number of aromatic nitrogens is 1. The van der Waals surface area contributed by atoms with Crippen LogP contribution in [0.25, 0.3) is 6.08 Å². The molecule has 1 aromatic heterocycles. The number of esters is 1. The monoisotopic (exact) mass is 465 g/mol. The third-order valence-electron chi connectivity index (χ3n) is 5.41. The van der Waals surface area contributed by atoms with Gasteiger partial charge in [0, 0.05) is 19.8 Å². The Kier molecular flexibility index (Phi) is 6.29. The Morgan fingerprint density at radius 1 is 1.18 bits per heavy atom. The molecule has 8 heteroatoms. The second-order valence-electron chi connectivity index (χ2n) is 7.84. The van der Waals surface area contributed by atoms with Crippen molar-refractivity contribution in [1.29, 1.82) is 0 Å². The van der Waals surface area contributed by atoms with Crippen LogP contribution in [0.4, 0.5) is 10.1 Å². The Morgan fingerprint density at radius 2 is 1.85 bits per heavy atom. The molecule has 0 fully saturated rings. The van der Waals surface area contributed by atoms with Crippen LogP contribution < -0.4 is 19.8 Å². The van der Waals surface area contributed by atoms with E-state index in [1.54, 1.807) is 26.0 Å². The van der Waals surface area contributed by atoms with E-state index < -0.39 is 17.8 Å². The number of benzene rings is 2. The van der Waals surface area contributed by atoms with Crippen molar-refractivity contribution in [2.75, 3.05) is 25.6 Å². The van der Waals surface area contributed by atoms with Gasteiger partial charge in [-0.15, -0.1) is 0 Å². The molecule has 1 aliphatic rings. The Morgan fingerprint density at radius 3 is 2.45 bits per heavy atom. The lowest BCUT2D eigenvalue weighted by Gasteiger charge is -2.24. The molecular formula is C25H24FN3O3S. The van der Waals surface area contributed by atoms with Gasteiger partial charge in [0.15, 0.2) is 4.80 Å². The Balaban J connectivity index is 1.90. The molecule has 3 aromatic rings. The number of carbonyl (C=O) groups is 1. The first-order valence-electron chi connectivity index (χ1n) is 10.5. The van der Waals surface area contributed by atoms with Crippen LogP contribution in [0.1, 0.15) is 31.0 Å². The Bertz CT molecular complexity index is 1400. The molecule has 2 heterocycles. The number of nitrogens with zero attached hydrogens (tertiary/aromatic N) is 3. The highest BCUT2D eigenvalue weighted by atomic mass is 32.1. The zero-order chi connectivity index (χ0) is 23.7. The van der Waals surface area contributed by atoms with E-state index in [4.69, 9.17) is 4.74 Å². The van der Waals surface area contributed by atoms with E-state index in [1.165, 1.54) is 28.0 Å². The van der Waals surface area contributed by atoms with Crippen LogP contribution in [0.3, 0.4) is 0 Å². The number of hydrogen-bond acceptors (Lipinski definition) is 6. The first kappa shape index (κ1) is 22.7.